The Balaban J connectivity index is 2.51. The first-order chi connectivity index (χ1) is 17.4. The van der Waals surface area contributed by atoms with Crippen molar-refractivity contribution in [2.75, 3.05) is 13.2 Å². The first-order valence-electron chi connectivity index (χ1n) is 13.7. The van der Waals surface area contributed by atoms with Crippen molar-refractivity contribution >= 4 is 17.9 Å². The largest absolute Gasteiger partial charge is 0.444 e. The molecule has 3 N–H and O–H groups in total. The Morgan fingerprint density at radius 3 is 2.22 bits per heavy atom. The second-order valence-corrected chi connectivity index (χ2v) is 11.3. The van der Waals surface area contributed by atoms with Crippen LogP contribution in [0.2, 0.25) is 0 Å². The number of nitrogens with one attached hydrogen (secondary N) is 2. The fraction of sp³-hybridized carbons (Fsp3) is 0.690. The summed E-state index contributed by atoms with van der Waals surface area (Å²) in [5.74, 6) is -0.895. The number of aliphatic hydroxyl groups excluding tert-OH is 1. The molecule has 37 heavy (non-hydrogen) atoms. The third-order valence-corrected chi connectivity index (χ3v) is 7.10. The molecular formula is C29H47N3O5. The zero-order chi connectivity index (χ0) is 27.8. The van der Waals surface area contributed by atoms with E-state index in [4.69, 9.17) is 4.74 Å². The molecule has 0 spiro atoms. The Hall–Kier alpha value is -2.61. The van der Waals surface area contributed by atoms with Gasteiger partial charge in [-0.25, -0.2) is 4.79 Å². The molecule has 8 heteroatoms. The molecule has 2 rings (SSSR count). The van der Waals surface area contributed by atoms with Crippen LogP contribution >= 0.6 is 0 Å². The topological polar surface area (TPSA) is 108 Å². The number of nitrogens with zero attached hydrogens (tertiary/aromatic N) is 1. The third kappa shape index (κ3) is 8.73. The summed E-state index contributed by atoms with van der Waals surface area (Å²) in [5, 5.41) is 15.9. The lowest BCUT2D eigenvalue weighted by Crippen LogP contribution is -2.56. The predicted molar refractivity (Wildman–Crippen MR) is 145 cm³/mol. The molecule has 0 heterocycles. The molecule has 0 aliphatic heterocycles. The van der Waals surface area contributed by atoms with Crippen LogP contribution in [-0.4, -0.2) is 58.8 Å². The molecule has 0 aromatic heterocycles. The fourth-order valence-electron chi connectivity index (χ4n) is 4.98. The number of aryl methyl sites for hydroxylation is 2. The third-order valence-electron chi connectivity index (χ3n) is 7.10. The van der Waals surface area contributed by atoms with Crippen molar-refractivity contribution < 1.29 is 24.2 Å². The molecule has 1 aliphatic carbocycles. The molecular weight excluding hydrogens is 470 g/mol. The molecule has 1 aliphatic rings. The number of aliphatic hydroxyl groups is 1. The van der Waals surface area contributed by atoms with Crippen LogP contribution < -0.4 is 10.6 Å². The molecule has 3 amide bonds. The molecule has 0 radical (unpaired) electrons. The second kappa shape index (κ2) is 13.8. The summed E-state index contributed by atoms with van der Waals surface area (Å²) in [6.07, 6.45) is 5.05. The first-order valence-corrected chi connectivity index (χ1v) is 13.7. The van der Waals surface area contributed by atoms with Crippen molar-refractivity contribution in [1.29, 1.82) is 0 Å². The summed E-state index contributed by atoms with van der Waals surface area (Å²) in [5.41, 5.74) is 1.80. The van der Waals surface area contributed by atoms with Gasteiger partial charge in [0, 0.05) is 12.6 Å². The van der Waals surface area contributed by atoms with E-state index in [-0.39, 0.29) is 31.0 Å². The quantitative estimate of drug-likeness (QED) is 0.422. The van der Waals surface area contributed by atoms with Crippen LogP contribution in [-0.2, 0) is 14.3 Å². The van der Waals surface area contributed by atoms with Gasteiger partial charge in [-0.3, -0.25) is 9.59 Å². The number of carbonyl (C=O) groups is 3. The van der Waals surface area contributed by atoms with Crippen LogP contribution in [0.1, 0.15) is 95.9 Å². The van der Waals surface area contributed by atoms with Gasteiger partial charge in [0.05, 0.1) is 6.61 Å². The Labute approximate surface area is 222 Å². The highest BCUT2D eigenvalue weighted by Crippen LogP contribution is 2.30. The lowest BCUT2D eigenvalue weighted by molar-refractivity contribution is -0.144. The first kappa shape index (κ1) is 30.6. The molecule has 1 saturated carbocycles. The minimum absolute atomic E-state index is 0.0434. The Morgan fingerprint density at radius 2 is 1.70 bits per heavy atom. The van der Waals surface area contributed by atoms with E-state index in [1.165, 1.54) is 4.90 Å². The molecule has 0 saturated heterocycles. The maximum atomic E-state index is 14.1. The number of carbonyl (C=O) groups excluding carboxylic acids is 3. The maximum absolute atomic E-state index is 14.1. The molecule has 1 aromatic rings. The van der Waals surface area contributed by atoms with E-state index in [2.05, 4.69) is 10.6 Å². The van der Waals surface area contributed by atoms with E-state index >= 15 is 0 Å². The fourth-order valence-corrected chi connectivity index (χ4v) is 4.98. The molecule has 1 fully saturated rings. The summed E-state index contributed by atoms with van der Waals surface area (Å²) < 4.78 is 5.43. The normalized spacial score (nSPS) is 16.9. The van der Waals surface area contributed by atoms with Crippen molar-refractivity contribution in [1.82, 2.24) is 15.5 Å². The molecule has 1 aromatic carbocycles. The molecule has 3 unspecified atom stereocenters. The van der Waals surface area contributed by atoms with Crippen molar-refractivity contribution in [3.05, 3.63) is 34.9 Å². The molecule has 8 nitrogen and oxygen atoms in total. The van der Waals surface area contributed by atoms with Crippen LogP contribution in [0.15, 0.2) is 18.2 Å². The number of ether oxygens (including phenoxy) is 1. The van der Waals surface area contributed by atoms with Crippen molar-refractivity contribution in [3.8, 4) is 0 Å². The standard InChI is InChI=1S/C29H47N3O5/c1-8-19(2)24(31-28(36)37-29(5,6)7)27(35)32(17-18-33)25(23-20(3)13-12-14-21(23)4)26(34)30-22-15-10-9-11-16-22/h12-14,19,22,24-25,33H,8-11,15-18H2,1-7H3,(H,30,34)(H,31,36). The monoisotopic (exact) mass is 517 g/mol. The molecule has 0 bridgehead atoms. The Kier molecular flexibility index (Phi) is 11.4. The highest BCUT2D eigenvalue weighted by atomic mass is 16.6. The van der Waals surface area contributed by atoms with Crippen LogP contribution in [0.3, 0.4) is 0 Å². The number of hydrogen-bond donors (Lipinski definition) is 3. The zero-order valence-electron chi connectivity index (χ0n) is 23.7. The van der Waals surface area contributed by atoms with Gasteiger partial charge in [0.1, 0.15) is 17.7 Å². The van der Waals surface area contributed by atoms with Gasteiger partial charge < -0.3 is 25.4 Å². The van der Waals surface area contributed by atoms with Crippen molar-refractivity contribution in [2.45, 2.75) is 111 Å². The van der Waals surface area contributed by atoms with E-state index in [0.29, 0.717) is 6.42 Å². The molecule has 208 valence electrons. The highest BCUT2D eigenvalue weighted by Gasteiger charge is 2.39. The second-order valence-electron chi connectivity index (χ2n) is 11.3. The minimum atomic E-state index is -0.935. The van der Waals surface area contributed by atoms with E-state index in [1.807, 2.05) is 45.9 Å². The van der Waals surface area contributed by atoms with Gasteiger partial charge in [-0.1, -0.05) is 57.7 Å². The SMILES string of the molecule is CCC(C)C(NC(=O)OC(C)(C)C)C(=O)N(CCO)C(C(=O)NC1CCCCC1)c1c(C)cccc1C. The van der Waals surface area contributed by atoms with Crippen molar-refractivity contribution in [2.24, 2.45) is 5.92 Å². The smallest absolute Gasteiger partial charge is 0.408 e. The van der Waals surface area contributed by atoms with Gasteiger partial charge in [0.2, 0.25) is 11.8 Å². The highest BCUT2D eigenvalue weighted by molar-refractivity contribution is 5.92. The van der Waals surface area contributed by atoms with E-state index in [1.54, 1.807) is 20.8 Å². The average molecular weight is 518 g/mol. The van der Waals surface area contributed by atoms with Gasteiger partial charge in [0.25, 0.3) is 0 Å². The van der Waals surface area contributed by atoms with Crippen LogP contribution in [0.4, 0.5) is 4.79 Å². The van der Waals surface area contributed by atoms with Gasteiger partial charge in [0.15, 0.2) is 0 Å². The molecule has 3 atom stereocenters. The number of benzene rings is 1. The average Bonchev–Trinajstić information content (AvgIpc) is 2.82. The Bertz CT molecular complexity index is 900. The van der Waals surface area contributed by atoms with Gasteiger partial charge >= 0.3 is 6.09 Å². The van der Waals surface area contributed by atoms with Gasteiger partial charge in [-0.2, -0.15) is 0 Å². The maximum Gasteiger partial charge on any atom is 0.408 e. The summed E-state index contributed by atoms with van der Waals surface area (Å²) in [7, 11) is 0. The number of alkyl carbamates (subject to hydrolysis) is 1. The van der Waals surface area contributed by atoms with Crippen LogP contribution in [0.5, 0.6) is 0 Å². The number of amides is 3. The summed E-state index contributed by atoms with van der Waals surface area (Å²) >= 11 is 0. The van der Waals surface area contributed by atoms with Gasteiger partial charge in [-0.05, 0) is 70.1 Å². The van der Waals surface area contributed by atoms with E-state index in [0.717, 1.165) is 48.8 Å². The summed E-state index contributed by atoms with van der Waals surface area (Å²) in [6, 6.07) is 3.99. The van der Waals surface area contributed by atoms with Crippen LogP contribution in [0.25, 0.3) is 0 Å². The Morgan fingerprint density at radius 1 is 1.11 bits per heavy atom. The predicted octanol–water partition coefficient (Wildman–Crippen LogP) is 4.55. The lowest BCUT2D eigenvalue weighted by Gasteiger charge is -2.37. The lowest BCUT2D eigenvalue weighted by atomic mass is 9.91. The summed E-state index contributed by atoms with van der Waals surface area (Å²) in [4.78, 5) is 42.2. The summed E-state index contributed by atoms with van der Waals surface area (Å²) in [6.45, 7) is 12.6. The van der Waals surface area contributed by atoms with E-state index < -0.39 is 29.7 Å². The zero-order valence-corrected chi connectivity index (χ0v) is 23.7. The van der Waals surface area contributed by atoms with Gasteiger partial charge in [-0.15, -0.1) is 0 Å². The van der Waals surface area contributed by atoms with E-state index in [9.17, 15) is 19.5 Å². The number of rotatable bonds is 10. The number of hydrogen-bond acceptors (Lipinski definition) is 5. The van der Waals surface area contributed by atoms with Crippen LogP contribution in [0, 0.1) is 19.8 Å². The van der Waals surface area contributed by atoms with Crippen molar-refractivity contribution in [3.63, 3.8) is 0 Å². The minimum Gasteiger partial charge on any atom is -0.444 e.